The molecule has 2 aromatic carbocycles. The van der Waals surface area contributed by atoms with Gasteiger partial charge in [-0.2, -0.15) is 5.10 Å². The number of aromatic nitrogens is 2. The first-order valence-corrected chi connectivity index (χ1v) is 8.33. The van der Waals surface area contributed by atoms with Gasteiger partial charge in [-0.3, -0.25) is 0 Å². The Morgan fingerprint density at radius 1 is 1.04 bits per heavy atom. The van der Waals surface area contributed by atoms with E-state index in [1.165, 1.54) is 17.7 Å². The number of hydrogen-bond donors (Lipinski definition) is 1. The highest BCUT2D eigenvalue weighted by molar-refractivity contribution is 5.40. The van der Waals surface area contributed by atoms with Crippen molar-refractivity contribution in [3.05, 3.63) is 77.1 Å². The second-order valence-electron chi connectivity index (χ2n) is 6.07. The van der Waals surface area contributed by atoms with E-state index in [1.807, 2.05) is 42.5 Å². The van der Waals surface area contributed by atoms with Crippen molar-refractivity contribution in [3.8, 4) is 11.4 Å². The summed E-state index contributed by atoms with van der Waals surface area (Å²) in [6, 6.07) is 17.8. The third-order valence-corrected chi connectivity index (χ3v) is 4.47. The van der Waals surface area contributed by atoms with E-state index < -0.39 is 0 Å². The van der Waals surface area contributed by atoms with Crippen LogP contribution in [0.3, 0.4) is 0 Å². The van der Waals surface area contributed by atoms with E-state index in [2.05, 4.69) is 16.8 Å². The first kappa shape index (κ1) is 15.0. The zero-order chi connectivity index (χ0) is 16.4. The van der Waals surface area contributed by atoms with E-state index >= 15 is 0 Å². The van der Waals surface area contributed by atoms with E-state index in [1.54, 1.807) is 0 Å². The number of hydrogen-bond acceptors (Lipinski definition) is 3. The maximum atomic E-state index is 9.23. The highest BCUT2D eigenvalue weighted by Crippen LogP contribution is 2.28. The first-order chi connectivity index (χ1) is 11.8. The Bertz CT molecular complexity index is 840. The fourth-order valence-electron chi connectivity index (χ4n) is 3.30. The molecule has 0 fully saturated rings. The lowest BCUT2D eigenvalue weighted by Gasteiger charge is -2.07. The normalized spacial score (nSPS) is 13.0. The topological polar surface area (TPSA) is 47.3 Å². The van der Waals surface area contributed by atoms with Crippen LogP contribution >= 0.6 is 0 Å². The van der Waals surface area contributed by atoms with Crippen LogP contribution in [-0.2, 0) is 26.1 Å². The zero-order valence-corrected chi connectivity index (χ0v) is 13.5. The number of nitrogens with zero attached hydrogens (tertiary/aromatic N) is 2. The maximum absolute atomic E-state index is 9.23. The summed E-state index contributed by atoms with van der Waals surface area (Å²) in [5.74, 6) is 0.766. The van der Waals surface area contributed by atoms with Gasteiger partial charge in [0.2, 0.25) is 0 Å². The molecule has 0 spiro atoms. The number of aliphatic hydroxyl groups is 1. The van der Waals surface area contributed by atoms with Crippen LogP contribution in [0.15, 0.2) is 54.6 Å². The number of rotatable bonds is 5. The highest BCUT2D eigenvalue weighted by atomic mass is 16.5. The predicted molar refractivity (Wildman–Crippen MR) is 92.3 cm³/mol. The fourth-order valence-corrected chi connectivity index (χ4v) is 3.30. The van der Waals surface area contributed by atoms with Gasteiger partial charge in [0.15, 0.2) is 0 Å². The van der Waals surface area contributed by atoms with Crippen LogP contribution in [-0.4, -0.2) is 14.9 Å². The molecule has 4 heteroatoms. The van der Waals surface area contributed by atoms with Gasteiger partial charge in [0, 0.05) is 11.3 Å². The zero-order valence-electron chi connectivity index (χ0n) is 13.5. The van der Waals surface area contributed by atoms with Crippen molar-refractivity contribution in [2.45, 2.75) is 32.5 Å². The molecule has 0 saturated heterocycles. The SMILES string of the molecule is OCc1cccc(OCc2nn(-c3ccccc3)c3c2CCC3)c1. The molecule has 1 aliphatic rings. The molecule has 4 rings (SSSR count). The molecule has 1 aromatic heterocycles. The molecule has 0 atom stereocenters. The van der Waals surface area contributed by atoms with Crippen LogP contribution in [0.1, 0.15) is 28.9 Å². The molecular formula is C20H20N2O2. The van der Waals surface area contributed by atoms with Gasteiger partial charge in [-0.05, 0) is 49.1 Å². The molecule has 1 heterocycles. The van der Waals surface area contributed by atoms with E-state index in [4.69, 9.17) is 9.84 Å². The molecule has 0 bridgehead atoms. The predicted octanol–water partition coefficient (Wildman–Crippen LogP) is 3.43. The van der Waals surface area contributed by atoms with Crippen molar-refractivity contribution in [1.29, 1.82) is 0 Å². The van der Waals surface area contributed by atoms with Crippen LogP contribution in [0.2, 0.25) is 0 Å². The molecule has 1 aliphatic carbocycles. The van der Waals surface area contributed by atoms with E-state index in [-0.39, 0.29) is 6.61 Å². The number of fused-ring (bicyclic) bond motifs is 1. The Kier molecular flexibility index (Phi) is 4.05. The summed E-state index contributed by atoms with van der Waals surface area (Å²) in [5.41, 5.74) is 5.61. The monoisotopic (exact) mass is 320 g/mol. The Hall–Kier alpha value is -2.59. The maximum Gasteiger partial charge on any atom is 0.132 e. The van der Waals surface area contributed by atoms with Gasteiger partial charge in [0.25, 0.3) is 0 Å². The van der Waals surface area contributed by atoms with Crippen molar-refractivity contribution >= 4 is 0 Å². The first-order valence-electron chi connectivity index (χ1n) is 8.33. The second-order valence-corrected chi connectivity index (χ2v) is 6.07. The third-order valence-electron chi connectivity index (χ3n) is 4.47. The number of benzene rings is 2. The van der Waals surface area contributed by atoms with Crippen LogP contribution in [0, 0.1) is 0 Å². The molecule has 1 N–H and O–H groups in total. The smallest absolute Gasteiger partial charge is 0.132 e. The minimum Gasteiger partial charge on any atom is -0.487 e. The van der Waals surface area contributed by atoms with Gasteiger partial charge >= 0.3 is 0 Å². The Morgan fingerprint density at radius 2 is 1.92 bits per heavy atom. The number of ether oxygens (including phenoxy) is 1. The van der Waals surface area contributed by atoms with Crippen LogP contribution in [0.4, 0.5) is 0 Å². The summed E-state index contributed by atoms with van der Waals surface area (Å²) in [6.07, 6.45) is 3.31. The van der Waals surface area contributed by atoms with Gasteiger partial charge in [-0.1, -0.05) is 30.3 Å². The Labute approximate surface area is 141 Å². The van der Waals surface area contributed by atoms with Crippen LogP contribution < -0.4 is 4.74 Å². The molecule has 0 radical (unpaired) electrons. The Balaban J connectivity index is 1.60. The lowest BCUT2D eigenvalue weighted by molar-refractivity contribution is 0.277. The standard InChI is InChI=1S/C20H20N2O2/c23-13-15-6-4-9-17(12-15)24-14-19-18-10-5-11-20(18)22(21-19)16-7-2-1-3-8-16/h1-4,6-9,12,23H,5,10-11,13-14H2. The van der Waals surface area contributed by atoms with Gasteiger partial charge in [-0.15, -0.1) is 0 Å². The molecular weight excluding hydrogens is 300 g/mol. The van der Waals surface area contributed by atoms with Crippen LogP contribution in [0.25, 0.3) is 5.69 Å². The van der Waals surface area contributed by atoms with Gasteiger partial charge in [0.05, 0.1) is 12.3 Å². The summed E-state index contributed by atoms with van der Waals surface area (Å²) in [5, 5.41) is 14.0. The van der Waals surface area contributed by atoms with Crippen molar-refractivity contribution in [3.63, 3.8) is 0 Å². The summed E-state index contributed by atoms with van der Waals surface area (Å²) in [4.78, 5) is 0. The largest absolute Gasteiger partial charge is 0.487 e. The molecule has 0 unspecified atom stereocenters. The molecule has 0 saturated carbocycles. The van der Waals surface area contributed by atoms with Crippen molar-refractivity contribution in [2.24, 2.45) is 0 Å². The molecule has 0 aliphatic heterocycles. The summed E-state index contributed by atoms with van der Waals surface area (Å²) < 4.78 is 7.98. The van der Waals surface area contributed by atoms with Crippen molar-refractivity contribution in [2.75, 3.05) is 0 Å². The van der Waals surface area contributed by atoms with Crippen molar-refractivity contribution in [1.82, 2.24) is 9.78 Å². The lowest BCUT2D eigenvalue weighted by atomic mass is 10.2. The lowest BCUT2D eigenvalue weighted by Crippen LogP contribution is -2.03. The molecule has 3 aromatic rings. The van der Waals surface area contributed by atoms with Crippen molar-refractivity contribution < 1.29 is 9.84 Å². The van der Waals surface area contributed by atoms with E-state index in [0.29, 0.717) is 6.61 Å². The van der Waals surface area contributed by atoms with Gasteiger partial charge in [-0.25, -0.2) is 4.68 Å². The molecule has 122 valence electrons. The highest BCUT2D eigenvalue weighted by Gasteiger charge is 2.23. The third kappa shape index (κ3) is 2.81. The minimum absolute atomic E-state index is 0.0230. The minimum atomic E-state index is 0.0230. The fraction of sp³-hybridized carbons (Fsp3) is 0.250. The van der Waals surface area contributed by atoms with Crippen LogP contribution in [0.5, 0.6) is 5.75 Å². The van der Waals surface area contributed by atoms with E-state index in [0.717, 1.165) is 35.5 Å². The average molecular weight is 320 g/mol. The molecule has 4 nitrogen and oxygen atoms in total. The summed E-state index contributed by atoms with van der Waals surface area (Å²) in [7, 11) is 0. The molecule has 24 heavy (non-hydrogen) atoms. The van der Waals surface area contributed by atoms with E-state index in [9.17, 15) is 5.11 Å². The van der Waals surface area contributed by atoms with Gasteiger partial charge in [0.1, 0.15) is 18.1 Å². The second kappa shape index (κ2) is 6.49. The summed E-state index contributed by atoms with van der Waals surface area (Å²) in [6.45, 7) is 0.478. The summed E-state index contributed by atoms with van der Waals surface area (Å²) >= 11 is 0. The quantitative estimate of drug-likeness (QED) is 0.783. The average Bonchev–Trinajstić information content (AvgIpc) is 3.24. The Morgan fingerprint density at radius 3 is 2.75 bits per heavy atom. The number of para-hydroxylation sites is 1. The molecule has 0 amide bonds. The number of aliphatic hydroxyl groups excluding tert-OH is 1. The van der Waals surface area contributed by atoms with Gasteiger partial charge < -0.3 is 9.84 Å².